The van der Waals surface area contributed by atoms with E-state index in [2.05, 4.69) is 15.3 Å². The molecule has 19 heavy (non-hydrogen) atoms. The molecular formula is C11H19Cl2N5O. The number of nitrogens with zero attached hydrogens (tertiary/aromatic N) is 2. The molecule has 1 saturated carbocycles. The minimum absolute atomic E-state index is 0. The van der Waals surface area contributed by atoms with Gasteiger partial charge in [-0.1, -0.05) is 12.8 Å². The van der Waals surface area contributed by atoms with Crippen LogP contribution in [0.25, 0.3) is 0 Å². The van der Waals surface area contributed by atoms with Gasteiger partial charge in [0.2, 0.25) is 0 Å². The highest BCUT2D eigenvalue weighted by molar-refractivity contribution is 5.96. The Labute approximate surface area is 124 Å². The summed E-state index contributed by atoms with van der Waals surface area (Å²) in [7, 11) is 0. The van der Waals surface area contributed by atoms with Crippen LogP contribution < -0.4 is 16.8 Å². The second-order valence-corrected chi connectivity index (χ2v) is 4.44. The zero-order chi connectivity index (χ0) is 12.3. The first-order valence-electron chi connectivity index (χ1n) is 5.76. The summed E-state index contributed by atoms with van der Waals surface area (Å²) in [5, 5.41) is 2.95. The van der Waals surface area contributed by atoms with Crippen LogP contribution in [0.3, 0.4) is 0 Å². The summed E-state index contributed by atoms with van der Waals surface area (Å²) < 4.78 is 0. The van der Waals surface area contributed by atoms with E-state index >= 15 is 0 Å². The lowest BCUT2D eigenvalue weighted by Gasteiger charge is -2.28. The normalized spacial score (nSPS) is 16.1. The van der Waals surface area contributed by atoms with Crippen molar-refractivity contribution in [3.05, 3.63) is 18.1 Å². The first-order valence-corrected chi connectivity index (χ1v) is 5.76. The van der Waals surface area contributed by atoms with E-state index in [1.54, 1.807) is 0 Å². The summed E-state index contributed by atoms with van der Waals surface area (Å²) in [5.41, 5.74) is 11.2. The quantitative estimate of drug-likeness (QED) is 0.769. The fourth-order valence-corrected chi connectivity index (χ4v) is 2.26. The first-order chi connectivity index (χ1) is 8.17. The molecule has 108 valence electrons. The molecule has 1 aromatic heterocycles. The number of halogens is 2. The third-order valence-corrected chi connectivity index (χ3v) is 3.27. The molecule has 1 heterocycles. The summed E-state index contributed by atoms with van der Waals surface area (Å²) in [6, 6.07) is 0. The van der Waals surface area contributed by atoms with E-state index in [1.165, 1.54) is 12.4 Å². The summed E-state index contributed by atoms with van der Waals surface area (Å²) in [5.74, 6) is -0.141. The van der Waals surface area contributed by atoms with E-state index in [1.807, 2.05) is 0 Å². The fraction of sp³-hybridized carbons (Fsp3) is 0.545. The van der Waals surface area contributed by atoms with Gasteiger partial charge in [-0.05, 0) is 12.8 Å². The van der Waals surface area contributed by atoms with E-state index in [0.29, 0.717) is 6.54 Å². The van der Waals surface area contributed by atoms with Gasteiger partial charge < -0.3 is 16.8 Å². The number of carbonyl (C=O) groups is 1. The number of aromatic nitrogens is 2. The van der Waals surface area contributed by atoms with E-state index in [0.717, 1.165) is 25.7 Å². The van der Waals surface area contributed by atoms with Crippen LogP contribution in [-0.2, 0) is 0 Å². The van der Waals surface area contributed by atoms with Crippen molar-refractivity contribution in [2.45, 2.75) is 31.2 Å². The third kappa shape index (κ3) is 3.92. The zero-order valence-electron chi connectivity index (χ0n) is 10.5. The topological polar surface area (TPSA) is 107 Å². The maximum Gasteiger partial charge on any atom is 0.274 e. The molecule has 0 spiro atoms. The van der Waals surface area contributed by atoms with Crippen molar-refractivity contribution in [3.8, 4) is 0 Å². The Kier molecular flexibility index (Phi) is 7.04. The number of rotatable bonds is 3. The fourth-order valence-electron chi connectivity index (χ4n) is 2.26. The van der Waals surface area contributed by atoms with Crippen molar-refractivity contribution in [2.24, 2.45) is 5.73 Å². The summed E-state index contributed by atoms with van der Waals surface area (Å²) in [4.78, 5) is 19.8. The number of hydrogen-bond donors (Lipinski definition) is 3. The van der Waals surface area contributed by atoms with Crippen molar-refractivity contribution in [3.63, 3.8) is 0 Å². The van der Waals surface area contributed by atoms with Crippen LogP contribution in [0, 0.1) is 0 Å². The van der Waals surface area contributed by atoms with Gasteiger partial charge in [0.25, 0.3) is 5.91 Å². The average Bonchev–Trinajstić information content (AvgIpc) is 2.79. The maximum absolute atomic E-state index is 12.0. The van der Waals surface area contributed by atoms with E-state index in [9.17, 15) is 4.79 Å². The Bertz CT molecular complexity index is 423. The van der Waals surface area contributed by atoms with Gasteiger partial charge in [-0.3, -0.25) is 4.79 Å². The van der Waals surface area contributed by atoms with Gasteiger partial charge in [0.1, 0.15) is 0 Å². The second kappa shape index (κ2) is 7.47. The Balaban J connectivity index is 0.00000162. The SMILES string of the molecule is Cl.Cl.NCC1(NC(=O)c2nccnc2N)CCCC1. The number of hydrogen-bond acceptors (Lipinski definition) is 5. The van der Waals surface area contributed by atoms with Crippen molar-refractivity contribution < 1.29 is 4.79 Å². The van der Waals surface area contributed by atoms with Crippen LogP contribution in [0.15, 0.2) is 12.4 Å². The average molecular weight is 308 g/mol. The molecule has 6 nitrogen and oxygen atoms in total. The van der Waals surface area contributed by atoms with E-state index in [4.69, 9.17) is 11.5 Å². The van der Waals surface area contributed by atoms with Gasteiger partial charge in [-0.15, -0.1) is 24.8 Å². The predicted octanol–water partition coefficient (Wildman–Crippen LogP) is 0.904. The van der Waals surface area contributed by atoms with Crippen molar-refractivity contribution >= 4 is 36.5 Å². The van der Waals surface area contributed by atoms with Crippen LogP contribution in [-0.4, -0.2) is 28.0 Å². The molecule has 0 bridgehead atoms. The van der Waals surface area contributed by atoms with Crippen molar-refractivity contribution in [1.29, 1.82) is 0 Å². The summed E-state index contributed by atoms with van der Waals surface area (Å²) >= 11 is 0. The number of nitrogen functional groups attached to an aromatic ring is 1. The zero-order valence-corrected chi connectivity index (χ0v) is 12.1. The maximum atomic E-state index is 12.0. The molecule has 0 saturated heterocycles. The molecule has 2 rings (SSSR count). The van der Waals surface area contributed by atoms with Crippen LogP contribution >= 0.6 is 24.8 Å². The molecule has 1 aromatic rings. The lowest BCUT2D eigenvalue weighted by atomic mass is 9.97. The van der Waals surface area contributed by atoms with E-state index in [-0.39, 0.29) is 47.8 Å². The van der Waals surface area contributed by atoms with Crippen LogP contribution in [0.5, 0.6) is 0 Å². The highest BCUT2D eigenvalue weighted by atomic mass is 35.5. The molecule has 0 radical (unpaired) electrons. The minimum Gasteiger partial charge on any atom is -0.382 e. The third-order valence-electron chi connectivity index (χ3n) is 3.27. The van der Waals surface area contributed by atoms with Gasteiger partial charge in [0, 0.05) is 18.9 Å². The lowest BCUT2D eigenvalue weighted by molar-refractivity contribution is 0.0898. The molecule has 0 aliphatic heterocycles. The molecular weight excluding hydrogens is 289 g/mol. The smallest absolute Gasteiger partial charge is 0.274 e. The minimum atomic E-state index is -0.291. The van der Waals surface area contributed by atoms with Gasteiger partial charge >= 0.3 is 0 Å². The molecule has 5 N–H and O–H groups in total. The van der Waals surface area contributed by atoms with Gasteiger partial charge in [-0.25, -0.2) is 9.97 Å². The Morgan fingerprint density at radius 1 is 1.26 bits per heavy atom. The number of nitrogens with one attached hydrogen (secondary N) is 1. The summed E-state index contributed by atoms with van der Waals surface area (Å²) in [6.07, 6.45) is 6.92. The first kappa shape index (κ1) is 17.9. The Morgan fingerprint density at radius 2 is 1.84 bits per heavy atom. The molecule has 1 aliphatic carbocycles. The highest BCUT2D eigenvalue weighted by Crippen LogP contribution is 2.28. The predicted molar refractivity (Wildman–Crippen MR) is 78.7 cm³/mol. The van der Waals surface area contributed by atoms with Gasteiger partial charge in [-0.2, -0.15) is 0 Å². The number of carbonyl (C=O) groups excluding carboxylic acids is 1. The second-order valence-electron chi connectivity index (χ2n) is 4.44. The van der Waals surface area contributed by atoms with Crippen LogP contribution in [0.4, 0.5) is 5.82 Å². The molecule has 1 amide bonds. The van der Waals surface area contributed by atoms with Crippen LogP contribution in [0.1, 0.15) is 36.2 Å². The molecule has 1 fully saturated rings. The van der Waals surface area contributed by atoms with Gasteiger partial charge in [0.05, 0.1) is 5.54 Å². The molecule has 0 aromatic carbocycles. The Hall–Kier alpha value is -1.11. The number of nitrogens with two attached hydrogens (primary N) is 2. The lowest BCUT2D eigenvalue weighted by Crippen LogP contribution is -2.52. The molecule has 0 atom stereocenters. The van der Waals surface area contributed by atoms with Gasteiger partial charge in [0.15, 0.2) is 11.5 Å². The highest BCUT2D eigenvalue weighted by Gasteiger charge is 2.34. The van der Waals surface area contributed by atoms with E-state index < -0.39 is 0 Å². The van der Waals surface area contributed by atoms with Crippen molar-refractivity contribution in [2.75, 3.05) is 12.3 Å². The standard InChI is InChI=1S/C11H17N5O.2ClH/c12-7-11(3-1-2-4-11)16-10(17)8-9(13)15-6-5-14-8;;/h5-6H,1-4,7,12H2,(H2,13,15)(H,16,17);2*1H. The number of anilines is 1. The number of amides is 1. The summed E-state index contributed by atoms with van der Waals surface area (Å²) in [6.45, 7) is 0.443. The largest absolute Gasteiger partial charge is 0.382 e. The monoisotopic (exact) mass is 307 g/mol. The molecule has 8 heteroatoms. The van der Waals surface area contributed by atoms with Crippen molar-refractivity contribution in [1.82, 2.24) is 15.3 Å². The molecule has 0 unspecified atom stereocenters. The Morgan fingerprint density at radius 3 is 2.37 bits per heavy atom. The van der Waals surface area contributed by atoms with Crippen LogP contribution in [0.2, 0.25) is 0 Å². The molecule has 1 aliphatic rings.